The summed E-state index contributed by atoms with van der Waals surface area (Å²) in [6, 6.07) is 4.59. The maximum atomic E-state index is 4.45. The maximum absolute atomic E-state index is 4.45. The van der Waals surface area contributed by atoms with Gasteiger partial charge in [-0.2, -0.15) is 0 Å². The van der Waals surface area contributed by atoms with Crippen molar-refractivity contribution in [2.45, 2.75) is 32.1 Å². The molecule has 0 spiro atoms. The van der Waals surface area contributed by atoms with Crippen LogP contribution in [0.1, 0.15) is 26.3 Å². The van der Waals surface area contributed by atoms with Crippen LogP contribution < -0.4 is 4.90 Å². The number of nitrogens with zero attached hydrogens (tertiary/aromatic N) is 2. The van der Waals surface area contributed by atoms with Gasteiger partial charge in [-0.1, -0.05) is 35.8 Å². The smallest absolute Gasteiger partial charge is 0.132 e. The van der Waals surface area contributed by atoms with Crippen molar-refractivity contribution in [2.75, 3.05) is 11.9 Å². The molecule has 0 aliphatic rings. The van der Waals surface area contributed by atoms with Crippen LogP contribution in [0.3, 0.4) is 0 Å². The van der Waals surface area contributed by atoms with Crippen LogP contribution in [-0.2, 0) is 5.33 Å². The standard InChI is InChI=1S/C12H19BrN2/c1-9(2)10(3)15(4)12-11(8-13)6-5-7-14-12/h5-7,9-10H,8H2,1-4H3. The molecule has 0 amide bonds. The fourth-order valence-electron chi connectivity index (χ4n) is 1.49. The van der Waals surface area contributed by atoms with Crippen LogP contribution in [0.25, 0.3) is 0 Å². The maximum Gasteiger partial charge on any atom is 0.132 e. The molecule has 0 saturated carbocycles. The van der Waals surface area contributed by atoms with Crippen molar-refractivity contribution in [1.82, 2.24) is 4.98 Å². The Morgan fingerprint density at radius 3 is 2.60 bits per heavy atom. The molecular formula is C12H19BrN2. The van der Waals surface area contributed by atoms with Crippen molar-refractivity contribution in [3.8, 4) is 0 Å². The Labute approximate surface area is 101 Å². The fourth-order valence-corrected chi connectivity index (χ4v) is 1.93. The van der Waals surface area contributed by atoms with E-state index in [2.05, 4.69) is 59.7 Å². The molecule has 0 aliphatic carbocycles. The third-order valence-corrected chi connectivity index (χ3v) is 3.53. The predicted molar refractivity (Wildman–Crippen MR) is 69.6 cm³/mol. The molecule has 0 bridgehead atoms. The summed E-state index contributed by atoms with van der Waals surface area (Å²) in [7, 11) is 2.11. The number of pyridine rings is 1. The Bertz CT molecular complexity index is 312. The fraction of sp³-hybridized carbons (Fsp3) is 0.583. The lowest BCUT2D eigenvalue weighted by Crippen LogP contribution is -2.34. The van der Waals surface area contributed by atoms with Crippen molar-refractivity contribution >= 4 is 21.7 Å². The average molecular weight is 271 g/mol. The Morgan fingerprint density at radius 2 is 2.07 bits per heavy atom. The SMILES string of the molecule is CC(C)C(C)N(C)c1ncccc1CBr. The van der Waals surface area contributed by atoms with E-state index < -0.39 is 0 Å². The molecule has 1 unspecified atom stereocenters. The number of alkyl halides is 1. The predicted octanol–water partition coefficient (Wildman–Crippen LogP) is 3.46. The molecule has 84 valence electrons. The first-order valence-corrected chi connectivity index (χ1v) is 6.42. The van der Waals surface area contributed by atoms with E-state index >= 15 is 0 Å². The summed E-state index contributed by atoms with van der Waals surface area (Å²) in [5, 5.41) is 0.853. The van der Waals surface area contributed by atoms with E-state index in [9.17, 15) is 0 Å². The summed E-state index contributed by atoms with van der Waals surface area (Å²) >= 11 is 3.50. The van der Waals surface area contributed by atoms with Gasteiger partial charge >= 0.3 is 0 Å². The zero-order valence-electron chi connectivity index (χ0n) is 9.87. The van der Waals surface area contributed by atoms with Gasteiger partial charge in [0.1, 0.15) is 5.82 Å². The van der Waals surface area contributed by atoms with Crippen molar-refractivity contribution in [3.05, 3.63) is 23.9 Å². The van der Waals surface area contributed by atoms with Gasteiger partial charge in [0.2, 0.25) is 0 Å². The summed E-state index contributed by atoms with van der Waals surface area (Å²) in [6.45, 7) is 6.70. The average Bonchev–Trinajstić information content (AvgIpc) is 2.26. The molecule has 2 nitrogen and oxygen atoms in total. The molecule has 0 radical (unpaired) electrons. The molecule has 0 aromatic carbocycles. The van der Waals surface area contributed by atoms with Crippen molar-refractivity contribution in [1.29, 1.82) is 0 Å². The largest absolute Gasteiger partial charge is 0.356 e. The van der Waals surface area contributed by atoms with Gasteiger partial charge in [0.25, 0.3) is 0 Å². The first-order chi connectivity index (χ1) is 7.07. The number of aromatic nitrogens is 1. The second kappa shape index (κ2) is 5.50. The van der Waals surface area contributed by atoms with Gasteiger partial charge in [0.15, 0.2) is 0 Å². The molecule has 1 rings (SSSR count). The highest BCUT2D eigenvalue weighted by molar-refractivity contribution is 9.08. The van der Waals surface area contributed by atoms with Gasteiger partial charge in [-0.3, -0.25) is 0 Å². The number of hydrogen-bond donors (Lipinski definition) is 0. The van der Waals surface area contributed by atoms with Crippen LogP contribution >= 0.6 is 15.9 Å². The summed E-state index contributed by atoms with van der Waals surface area (Å²) in [5.41, 5.74) is 1.24. The van der Waals surface area contributed by atoms with Gasteiger partial charge in [-0.05, 0) is 18.9 Å². The number of anilines is 1. The third-order valence-electron chi connectivity index (χ3n) is 2.92. The summed E-state index contributed by atoms with van der Waals surface area (Å²) in [4.78, 5) is 6.70. The molecular weight excluding hydrogens is 252 g/mol. The highest BCUT2D eigenvalue weighted by Gasteiger charge is 2.16. The molecule has 1 aromatic heterocycles. The second-order valence-corrected chi connectivity index (χ2v) is 4.78. The van der Waals surface area contributed by atoms with Crippen LogP contribution in [0.5, 0.6) is 0 Å². The molecule has 0 saturated heterocycles. The second-order valence-electron chi connectivity index (χ2n) is 4.22. The highest BCUT2D eigenvalue weighted by Crippen LogP contribution is 2.22. The van der Waals surface area contributed by atoms with Crippen molar-refractivity contribution in [2.24, 2.45) is 5.92 Å². The lowest BCUT2D eigenvalue weighted by molar-refractivity contribution is 0.502. The van der Waals surface area contributed by atoms with Gasteiger partial charge in [-0.15, -0.1) is 0 Å². The molecule has 1 heterocycles. The molecule has 15 heavy (non-hydrogen) atoms. The zero-order chi connectivity index (χ0) is 11.4. The minimum Gasteiger partial charge on any atom is -0.356 e. The molecule has 3 heteroatoms. The van der Waals surface area contributed by atoms with E-state index in [1.165, 1.54) is 5.56 Å². The van der Waals surface area contributed by atoms with Crippen molar-refractivity contribution in [3.63, 3.8) is 0 Å². The Balaban J connectivity index is 2.94. The van der Waals surface area contributed by atoms with E-state index in [0.29, 0.717) is 12.0 Å². The summed E-state index contributed by atoms with van der Waals surface area (Å²) in [6.07, 6.45) is 1.85. The normalized spacial score (nSPS) is 12.9. The molecule has 0 fully saturated rings. The van der Waals surface area contributed by atoms with Crippen LogP contribution in [0, 0.1) is 5.92 Å². The first kappa shape index (κ1) is 12.5. The van der Waals surface area contributed by atoms with Gasteiger partial charge in [0.05, 0.1) is 0 Å². The highest BCUT2D eigenvalue weighted by atomic mass is 79.9. The Morgan fingerprint density at radius 1 is 1.40 bits per heavy atom. The van der Waals surface area contributed by atoms with E-state index in [0.717, 1.165) is 11.1 Å². The summed E-state index contributed by atoms with van der Waals surface area (Å²) in [5.74, 6) is 1.70. The molecule has 0 aliphatic heterocycles. The molecule has 1 atom stereocenters. The number of rotatable bonds is 4. The molecule has 1 aromatic rings. The topological polar surface area (TPSA) is 16.1 Å². The first-order valence-electron chi connectivity index (χ1n) is 5.30. The van der Waals surface area contributed by atoms with E-state index in [1.54, 1.807) is 0 Å². The molecule has 0 N–H and O–H groups in total. The van der Waals surface area contributed by atoms with Gasteiger partial charge in [0, 0.05) is 30.2 Å². The van der Waals surface area contributed by atoms with Gasteiger partial charge in [-0.25, -0.2) is 4.98 Å². The lowest BCUT2D eigenvalue weighted by Gasteiger charge is -2.30. The Hall–Kier alpha value is -0.570. The quantitative estimate of drug-likeness (QED) is 0.780. The zero-order valence-corrected chi connectivity index (χ0v) is 11.5. The van der Waals surface area contributed by atoms with Crippen LogP contribution in [0.4, 0.5) is 5.82 Å². The number of hydrogen-bond acceptors (Lipinski definition) is 2. The third kappa shape index (κ3) is 2.94. The minimum absolute atomic E-state index is 0.498. The minimum atomic E-state index is 0.498. The summed E-state index contributed by atoms with van der Waals surface area (Å²) < 4.78 is 0. The Kier molecular flexibility index (Phi) is 4.58. The van der Waals surface area contributed by atoms with Crippen LogP contribution in [0.15, 0.2) is 18.3 Å². The van der Waals surface area contributed by atoms with Crippen LogP contribution in [0.2, 0.25) is 0 Å². The van der Waals surface area contributed by atoms with Crippen molar-refractivity contribution < 1.29 is 0 Å². The lowest BCUT2D eigenvalue weighted by atomic mass is 10.0. The van der Waals surface area contributed by atoms with E-state index in [-0.39, 0.29) is 0 Å². The monoisotopic (exact) mass is 270 g/mol. The van der Waals surface area contributed by atoms with E-state index in [1.807, 2.05) is 12.3 Å². The van der Waals surface area contributed by atoms with Crippen LogP contribution in [-0.4, -0.2) is 18.1 Å². The number of halogens is 1. The van der Waals surface area contributed by atoms with Gasteiger partial charge < -0.3 is 4.90 Å². The van der Waals surface area contributed by atoms with E-state index in [4.69, 9.17) is 0 Å².